The number of nitrogens with zero attached hydrogens (tertiary/aromatic N) is 6. The van der Waals surface area contributed by atoms with Gasteiger partial charge in [-0.05, 0) is 25.1 Å². The lowest BCUT2D eigenvalue weighted by atomic mass is 10.1. The van der Waals surface area contributed by atoms with Gasteiger partial charge in [-0.15, -0.1) is 0 Å². The predicted molar refractivity (Wildman–Crippen MR) is 108 cm³/mol. The molecule has 1 aromatic carbocycles. The van der Waals surface area contributed by atoms with Crippen LogP contribution < -0.4 is 4.90 Å². The van der Waals surface area contributed by atoms with Gasteiger partial charge in [0.25, 0.3) is 5.91 Å². The number of benzene rings is 1. The molecule has 0 spiro atoms. The number of piperazine rings is 1. The first kappa shape index (κ1) is 18.7. The first-order valence-corrected chi connectivity index (χ1v) is 9.60. The summed E-state index contributed by atoms with van der Waals surface area (Å²) in [7, 11) is 0. The molecule has 0 bridgehead atoms. The Morgan fingerprint density at radius 2 is 1.75 bits per heavy atom. The molecule has 3 heterocycles. The van der Waals surface area contributed by atoms with Gasteiger partial charge >= 0.3 is 0 Å². The Morgan fingerprint density at radius 3 is 2.43 bits per heavy atom. The van der Waals surface area contributed by atoms with E-state index in [0.717, 1.165) is 17.5 Å². The SMILES string of the molecule is Cc1nccn1-c1cc(N2CCN(C(=O)c3ccc(Cl)cc3Cl)CC2)ncn1. The van der Waals surface area contributed by atoms with Gasteiger partial charge < -0.3 is 9.80 Å². The second kappa shape index (κ2) is 7.77. The minimum atomic E-state index is -0.0845. The topological polar surface area (TPSA) is 67.2 Å². The van der Waals surface area contributed by atoms with Crippen molar-refractivity contribution in [2.24, 2.45) is 0 Å². The van der Waals surface area contributed by atoms with Crippen LogP contribution in [0.2, 0.25) is 10.0 Å². The van der Waals surface area contributed by atoms with Crippen LogP contribution in [0.25, 0.3) is 5.82 Å². The fourth-order valence-corrected chi connectivity index (χ4v) is 3.72. The molecular weight excluding hydrogens is 399 g/mol. The highest BCUT2D eigenvalue weighted by atomic mass is 35.5. The van der Waals surface area contributed by atoms with E-state index in [2.05, 4.69) is 19.9 Å². The molecule has 1 aliphatic heterocycles. The minimum Gasteiger partial charge on any atom is -0.353 e. The molecule has 3 aromatic rings. The molecule has 4 rings (SSSR count). The van der Waals surface area contributed by atoms with Crippen LogP contribution >= 0.6 is 23.2 Å². The van der Waals surface area contributed by atoms with Gasteiger partial charge in [0, 0.05) is 49.7 Å². The summed E-state index contributed by atoms with van der Waals surface area (Å²) in [5.41, 5.74) is 0.472. The maximum atomic E-state index is 12.8. The Morgan fingerprint density at radius 1 is 1.00 bits per heavy atom. The van der Waals surface area contributed by atoms with Crippen LogP contribution in [0.1, 0.15) is 16.2 Å². The minimum absolute atomic E-state index is 0.0845. The normalized spacial score (nSPS) is 14.4. The zero-order valence-electron chi connectivity index (χ0n) is 15.2. The summed E-state index contributed by atoms with van der Waals surface area (Å²) in [6, 6.07) is 6.87. The smallest absolute Gasteiger partial charge is 0.255 e. The van der Waals surface area contributed by atoms with Gasteiger partial charge in [0.2, 0.25) is 0 Å². The molecule has 2 aromatic heterocycles. The van der Waals surface area contributed by atoms with E-state index in [1.165, 1.54) is 0 Å². The number of imidazole rings is 1. The highest BCUT2D eigenvalue weighted by Gasteiger charge is 2.24. The first-order valence-electron chi connectivity index (χ1n) is 8.84. The van der Waals surface area contributed by atoms with Crippen LogP contribution in [0.15, 0.2) is 43.0 Å². The van der Waals surface area contributed by atoms with E-state index in [1.807, 2.05) is 23.8 Å². The lowest BCUT2D eigenvalue weighted by Crippen LogP contribution is -2.49. The zero-order valence-corrected chi connectivity index (χ0v) is 16.7. The fourth-order valence-electron chi connectivity index (χ4n) is 3.23. The summed E-state index contributed by atoms with van der Waals surface area (Å²) in [6.45, 7) is 4.45. The third kappa shape index (κ3) is 3.68. The van der Waals surface area contributed by atoms with Crippen molar-refractivity contribution in [2.45, 2.75) is 6.92 Å². The number of carbonyl (C=O) groups excluding carboxylic acids is 1. The molecule has 0 unspecified atom stereocenters. The van der Waals surface area contributed by atoms with Crippen LogP contribution in [0.5, 0.6) is 0 Å². The zero-order chi connectivity index (χ0) is 19.7. The average molecular weight is 417 g/mol. The van der Waals surface area contributed by atoms with Crippen molar-refractivity contribution in [3.05, 3.63) is 64.4 Å². The molecule has 7 nitrogen and oxygen atoms in total. The highest BCUT2D eigenvalue weighted by Crippen LogP contribution is 2.23. The molecule has 0 N–H and O–H groups in total. The maximum Gasteiger partial charge on any atom is 0.255 e. The average Bonchev–Trinajstić information content (AvgIpc) is 3.14. The molecule has 0 radical (unpaired) electrons. The molecule has 0 atom stereocenters. The summed E-state index contributed by atoms with van der Waals surface area (Å²) in [4.78, 5) is 29.7. The van der Waals surface area contributed by atoms with E-state index >= 15 is 0 Å². The molecule has 0 saturated carbocycles. The summed E-state index contributed by atoms with van der Waals surface area (Å²) < 4.78 is 1.91. The second-order valence-electron chi connectivity index (χ2n) is 6.48. The van der Waals surface area contributed by atoms with E-state index in [1.54, 1.807) is 35.6 Å². The van der Waals surface area contributed by atoms with Crippen molar-refractivity contribution >= 4 is 34.9 Å². The summed E-state index contributed by atoms with van der Waals surface area (Å²) in [5.74, 6) is 2.37. The predicted octanol–water partition coefficient (Wildman–Crippen LogP) is 3.24. The van der Waals surface area contributed by atoms with Gasteiger partial charge in [0.15, 0.2) is 0 Å². The van der Waals surface area contributed by atoms with Gasteiger partial charge in [-0.1, -0.05) is 23.2 Å². The third-order valence-electron chi connectivity index (χ3n) is 4.76. The summed E-state index contributed by atoms with van der Waals surface area (Å²) in [5, 5.41) is 0.884. The van der Waals surface area contributed by atoms with Crippen LogP contribution in [-0.4, -0.2) is 56.5 Å². The number of hydrogen-bond donors (Lipinski definition) is 0. The Hall–Kier alpha value is -2.64. The van der Waals surface area contributed by atoms with E-state index in [9.17, 15) is 4.79 Å². The van der Waals surface area contributed by atoms with E-state index in [0.29, 0.717) is 41.8 Å². The lowest BCUT2D eigenvalue weighted by molar-refractivity contribution is 0.0746. The number of amides is 1. The fraction of sp³-hybridized carbons (Fsp3) is 0.263. The van der Waals surface area contributed by atoms with E-state index in [-0.39, 0.29) is 5.91 Å². The summed E-state index contributed by atoms with van der Waals surface area (Å²) >= 11 is 12.1. The van der Waals surface area contributed by atoms with Gasteiger partial charge in [-0.3, -0.25) is 9.36 Å². The third-order valence-corrected chi connectivity index (χ3v) is 5.31. The van der Waals surface area contributed by atoms with Crippen molar-refractivity contribution in [2.75, 3.05) is 31.1 Å². The molecule has 144 valence electrons. The molecular formula is C19H18Cl2N6O. The van der Waals surface area contributed by atoms with Gasteiger partial charge in [0.05, 0.1) is 10.6 Å². The molecule has 1 saturated heterocycles. The summed E-state index contributed by atoms with van der Waals surface area (Å²) in [6.07, 6.45) is 5.16. The Balaban J connectivity index is 1.46. The number of aryl methyl sites for hydroxylation is 1. The number of hydrogen-bond acceptors (Lipinski definition) is 5. The van der Waals surface area contributed by atoms with E-state index < -0.39 is 0 Å². The van der Waals surface area contributed by atoms with Crippen LogP contribution in [0.4, 0.5) is 5.82 Å². The molecule has 1 fully saturated rings. The number of rotatable bonds is 3. The second-order valence-corrected chi connectivity index (χ2v) is 7.33. The largest absolute Gasteiger partial charge is 0.353 e. The van der Waals surface area contributed by atoms with Crippen molar-refractivity contribution in [1.82, 2.24) is 24.4 Å². The quantitative estimate of drug-likeness (QED) is 0.655. The van der Waals surface area contributed by atoms with Crippen LogP contribution in [-0.2, 0) is 0 Å². The Kier molecular flexibility index (Phi) is 5.19. The molecule has 0 aliphatic carbocycles. The van der Waals surface area contributed by atoms with Crippen LogP contribution in [0, 0.1) is 6.92 Å². The number of aromatic nitrogens is 4. The van der Waals surface area contributed by atoms with Gasteiger partial charge in [-0.25, -0.2) is 15.0 Å². The van der Waals surface area contributed by atoms with Crippen molar-refractivity contribution < 1.29 is 4.79 Å². The van der Waals surface area contributed by atoms with Gasteiger partial charge in [-0.2, -0.15) is 0 Å². The molecule has 1 aliphatic rings. The standard InChI is InChI=1S/C19H18Cl2N6O/c1-13-22-4-5-27(13)18-11-17(23-12-24-18)25-6-8-26(9-7-25)19(28)15-3-2-14(20)10-16(15)21/h2-5,10-12H,6-9H2,1H3. The molecule has 9 heteroatoms. The molecule has 28 heavy (non-hydrogen) atoms. The Labute approximate surface area is 172 Å². The number of anilines is 1. The maximum absolute atomic E-state index is 12.8. The first-order chi connectivity index (χ1) is 13.5. The van der Waals surface area contributed by atoms with Gasteiger partial charge in [0.1, 0.15) is 23.8 Å². The monoisotopic (exact) mass is 416 g/mol. The number of halogens is 2. The molecule has 1 amide bonds. The number of carbonyl (C=O) groups is 1. The van der Waals surface area contributed by atoms with Crippen LogP contribution in [0.3, 0.4) is 0 Å². The van der Waals surface area contributed by atoms with Crippen molar-refractivity contribution in [3.8, 4) is 5.82 Å². The lowest BCUT2D eigenvalue weighted by Gasteiger charge is -2.35. The van der Waals surface area contributed by atoms with Crippen molar-refractivity contribution in [1.29, 1.82) is 0 Å². The van der Waals surface area contributed by atoms with E-state index in [4.69, 9.17) is 23.2 Å². The Bertz CT molecular complexity index is 1010. The van der Waals surface area contributed by atoms with Crippen molar-refractivity contribution in [3.63, 3.8) is 0 Å². The highest BCUT2D eigenvalue weighted by molar-refractivity contribution is 6.36.